The van der Waals surface area contributed by atoms with Crippen LogP contribution < -0.4 is 5.32 Å². The van der Waals surface area contributed by atoms with E-state index in [2.05, 4.69) is 10.2 Å². The van der Waals surface area contributed by atoms with Crippen LogP contribution in [0.3, 0.4) is 0 Å². The summed E-state index contributed by atoms with van der Waals surface area (Å²) in [7, 11) is 0. The van der Waals surface area contributed by atoms with Crippen LogP contribution in [0.15, 0.2) is 0 Å². The Morgan fingerprint density at radius 1 is 1.59 bits per heavy atom. The summed E-state index contributed by atoms with van der Waals surface area (Å²) in [6, 6.07) is 0.398. The van der Waals surface area contributed by atoms with Crippen LogP contribution in [-0.4, -0.2) is 59.9 Å². The average molecular weight is 242 g/mol. The highest BCUT2D eigenvalue weighted by molar-refractivity contribution is 5.78. The molecule has 5 nitrogen and oxygen atoms in total. The lowest BCUT2D eigenvalue weighted by molar-refractivity contribution is -0.146. The number of carboxylic acid groups (broad SMARTS) is 1. The van der Waals surface area contributed by atoms with E-state index in [-0.39, 0.29) is 6.10 Å². The van der Waals surface area contributed by atoms with Crippen LogP contribution >= 0.6 is 0 Å². The van der Waals surface area contributed by atoms with Crippen molar-refractivity contribution < 1.29 is 14.6 Å². The van der Waals surface area contributed by atoms with E-state index < -0.39 is 11.5 Å². The third-order valence-electron chi connectivity index (χ3n) is 3.44. The van der Waals surface area contributed by atoms with E-state index in [1.807, 2.05) is 6.92 Å². The van der Waals surface area contributed by atoms with Gasteiger partial charge in [-0.05, 0) is 26.7 Å². The molecule has 0 aromatic carbocycles. The fourth-order valence-corrected chi connectivity index (χ4v) is 2.33. The highest BCUT2D eigenvalue weighted by atomic mass is 16.5. The van der Waals surface area contributed by atoms with Crippen molar-refractivity contribution in [3.63, 3.8) is 0 Å². The first-order chi connectivity index (χ1) is 7.99. The summed E-state index contributed by atoms with van der Waals surface area (Å²) in [6.45, 7) is 6.69. The van der Waals surface area contributed by atoms with Crippen LogP contribution in [0.25, 0.3) is 0 Å². The summed E-state index contributed by atoms with van der Waals surface area (Å²) in [5, 5.41) is 12.6. The lowest BCUT2D eigenvalue weighted by atomic mass is 10.0. The second kappa shape index (κ2) is 4.92. The number of carbonyl (C=O) groups is 1. The van der Waals surface area contributed by atoms with E-state index >= 15 is 0 Å². The topological polar surface area (TPSA) is 61.8 Å². The monoisotopic (exact) mass is 242 g/mol. The molecule has 0 bridgehead atoms. The average Bonchev–Trinajstić information content (AvgIpc) is 3.01. The van der Waals surface area contributed by atoms with Gasteiger partial charge in [-0.1, -0.05) is 0 Å². The number of rotatable bonds is 5. The summed E-state index contributed by atoms with van der Waals surface area (Å²) in [6.07, 6.45) is 2.40. The molecule has 2 unspecified atom stereocenters. The molecule has 2 aliphatic rings. The van der Waals surface area contributed by atoms with Gasteiger partial charge in [0.25, 0.3) is 0 Å². The molecule has 0 aromatic heterocycles. The molecule has 1 saturated carbocycles. The highest BCUT2D eigenvalue weighted by Gasteiger charge is 2.40. The zero-order valence-corrected chi connectivity index (χ0v) is 10.6. The van der Waals surface area contributed by atoms with Gasteiger partial charge in [0.2, 0.25) is 0 Å². The number of carboxylic acids is 1. The normalized spacial score (nSPS) is 29.9. The van der Waals surface area contributed by atoms with E-state index in [0.717, 1.165) is 25.9 Å². The van der Waals surface area contributed by atoms with Crippen molar-refractivity contribution in [1.29, 1.82) is 0 Å². The minimum atomic E-state index is -0.835. The molecule has 1 aliphatic carbocycles. The Bertz CT molecular complexity index is 293. The maximum Gasteiger partial charge on any atom is 0.324 e. The molecule has 2 atom stereocenters. The van der Waals surface area contributed by atoms with Gasteiger partial charge in [-0.2, -0.15) is 0 Å². The molecule has 0 spiro atoms. The number of aliphatic carboxylic acids is 1. The van der Waals surface area contributed by atoms with E-state index in [9.17, 15) is 9.90 Å². The molecule has 1 heterocycles. The van der Waals surface area contributed by atoms with Crippen LogP contribution in [0.2, 0.25) is 0 Å². The molecule has 17 heavy (non-hydrogen) atoms. The minimum absolute atomic E-state index is 0.197. The van der Waals surface area contributed by atoms with Gasteiger partial charge >= 0.3 is 5.97 Å². The van der Waals surface area contributed by atoms with E-state index in [0.29, 0.717) is 19.2 Å². The van der Waals surface area contributed by atoms with Crippen molar-refractivity contribution in [2.24, 2.45) is 0 Å². The van der Waals surface area contributed by atoms with Crippen molar-refractivity contribution in [2.45, 2.75) is 44.4 Å². The summed E-state index contributed by atoms with van der Waals surface area (Å²) in [4.78, 5) is 13.6. The standard InChI is InChI=1S/C12H22N2O3/c1-9-7-14(5-6-17-9)8-12(2,11(15)16)13-10-3-4-10/h9-10,13H,3-8H2,1-2H3,(H,15,16). The smallest absolute Gasteiger partial charge is 0.324 e. The number of morpholine rings is 1. The Hall–Kier alpha value is -0.650. The Morgan fingerprint density at radius 2 is 2.29 bits per heavy atom. The van der Waals surface area contributed by atoms with Gasteiger partial charge in [0.1, 0.15) is 5.54 Å². The summed E-state index contributed by atoms with van der Waals surface area (Å²) in [5.74, 6) is -0.761. The van der Waals surface area contributed by atoms with Crippen molar-refractivity contribution in [3.8, 4) is 0 Å². The first kappa shape index (κ1) is 12.8. The Morgan fingerprint density at radius 3 is 2.82 bits per heavy atom. The van der Waals surface area contributed by atoms with Gasteiger partial charge in [-0.15, -0.1) is 0 Å². The second-order valence-electron chi connectivity index (χ2n) is 5.47. The van der Waals surface area contributed by atoms with Gasteiger partial charge in [0.15, 0.2) is 0 Å². The third kappa shape index (κ3) is 3.40. The van der Waals surface area contributed by atoms with Crippen LogP contribution in [0.1, 0.15) is 26.7 Å². The summed E-state index contributed by atoms with van der Waals surface area (Å²) < 4.78 is 5.47. The predicted octanol–water partition coefficient (Wildman–Crippen LogP) is 0.302. The first-order valence-electron chi connectivity index (χ1n) is 6.35. The Balaban J connectivity index is 1.93. The maximum absolute atomic E-state index is 11.4. The molecule has 2 rings (SSSR count). The quantitative estimate of drug-likeness (QED) is 0.726. The summed E-state index contributed by atoms with van der Waals surface area (Å²) >= 11 is 0. The van der Waals surface area contributed by atoms with Crippen molar-refractivity contribution in [2.75, 3.05) is 26.2 Å². The van der Waals surface area contributed by atoms with E-state index in [4.69, 9.17) is 4.74 Å². The van der Waals surface area contributed by atoms with Gasteiger partial charge in [0.05, 0.1) is 12.7 Å². The Labute approximate surface area is 102 Å². The SMILES string of the molecule is CC1CN(CC(C)(NC2CC2)C(=O)O)CCO1. The fraction of sp³-hybridized carbons (Fsp3) is 0.917. The molecule has 0 radical (unpaired) electrons. The van der Waals surface area contributed by atoms with E-state index in [1.54, 1.807) is 6.92 Å². The number of nitrogens with one attached hydrogen (secondary N) is 1. The minimum Gasteiger partial charge on any atom is -0.480 e. The van der Waals surface area contributed by atoms with Crippen molar-refractivity contribution in [1.82, 2.24) is 10.2 Å². The zero-order valence-electron chi connectivity index (χ0n) is 10.6. The molecule has 2 N–H and O–H groups in total. The van der Waals surface area contributed by atoms with Gasteiger partial charge in [-0.25, -0.2) is 0 Å². The first-order valence-corrected chi connectivity index (χ1v) is 6.35. The molecule has 5 heteroatoms. The lowest BCUT2D eigenvalue weighted by Crippen LogP contribution is -2.59. The third-order valence-corrected chi connectivity index (χ3v) is 3.44. The number of hydrogen-bond donors (Lipinski definition) is 2. The maximum atomic E-state index is 11.4. The molecule has 0 aromatic rings. The largest absolute Gasteiger partial charge is 0.480 e. The van der Waals surface area contributed by atoms with Gasteiger partial charge in [0, 0.05) is 25.7 Å². The zero-order chi connectivity index (χ0) is 12.5. The second-order valence-corrected chi connectivity index (χ2v) is 5.47. The van der Waals surface area contributed by atoms with Crippen LogP contribution in [0, 0.1) is 0 Å². The lowest BCUT2D eigenvalue weighted by Gasteiger charge is -2.37. The number of ether oxygens (including phenoxy) is 1. The predicted molar refractivity (Wildman–Crippen MR) is 64.1 cm³/mol. The van der Waals surface area contributed by atoms with Crippen LogP contribution in [0.5, 0.6) is 0 Å². The molecule has 2 fully saturated rings. The number of hydrogen-bond acceptors (Lipinski definition) is 4. The number of nitrogens with zero attached hydrogens (tertiary/aromatic N) is 1. The van der Waals surface area contributed by atoms with E-state index in [1.165, 1.54) is 0 Å². The van der Waals surface area contributed by atoms with Crippen LogP contribution in [-0.2, 0) is 9.53 Å². The molecular formula is C12H22N2O3. The molecule has 1 saturated heterocycles. The highest BCUT2D eigenvalue weighted by Crippen LogP contribution is 2.23. The van der Waals surface area contributed by atoms with Gasteiger partial charge < -0.3 is 9.84 Å². The van der Waals surface area contributed by atoms with Gasteiger partial charge in [-0.3, -0.25) is 15.0 Å². The summed E-state index contributed by atoms with van der Waals surface area (Å²) in [5.41, 5.74) is -0.835. The Kier molecular flexibility index (Phi) is 3.70. The van der Waals surface area contributed by atoms with Crippen LogP contribution in [0.4, 0.5) is 0 Å². The fourth-order valence-electron chi connectivity index (χ4n) is 2.33. The van der Waals surface area contributed by atoms with Crippen molar-refractivity contribution in [3.05, 3.63) is 0 Å². The van der Waals surface area contributed by atoms with Crippen molar-refractivity contribution >= 4 is 5.97 Å². The molecule has 1 aliphatic heterocycles. The molecule has 0 amide bonds. The molecular weight excluding hydrogens is 220 g/mol. The molecule has 98 valence electrons.